The lowest BCUT2D eigenvalue weighted by atomic mass is 9.89. The van der Waals surface area contributed by atoms with Crippen LogP contribution in [-0.2, 0) is 24.2 Å². The molecule has 0 radical (unpaired) electrons. The highest BCUT2D eigenvalue weighted by Gasteiger charge is 2.24. The van der Waals surface area contributed by atoms with E-state index in [4.69, 9.17) is 5.11 Å². The molecule has 0 aliphatic heterocycles. The third kappa shape index (κ3) is 1.98. The Morgan fingerprint density at radius 1 is 1.50 bits per heavy atom. The minimum absolute atomic E-state index is 0.488. The van der Waals surface area contributed by atoms with Gasteiger partial charge in [0, 0.05) is 4.88 Å². The number of hydrogen-bond acceptors (Lipinski definition) is 4. The van der Waals surface area contributed by atoms with Crippen molar-refractivity contribution in [1.29, 1.82) is 0 Å². The van der Waals surface area contributed by atoms with Gasteiger partial charge in [0.05, 0.1) is 5.39 Å². The minimum Gasteiger partial charge on any atom is -0.480 e. The summed E-state index contributed by atoms with van der Waals surface area (Å²) in [6.45, 7) is 1.53. The number of aromatic nitrogens is 2. The third-order valence-electron chi connectivity index (χ3n) is 3.73. The van der Waals surface area contributed by atoms with Crippen LogP contribution in [0.15, 0.2) is 9.59 Å². The second kappa shape index (κ2) is 4.59. The molecule has 2 heterocycles. The first-order valence-electron chi connectivity index (χ1n) is 6.46. The van der Waals surface area contributed by atoms with Crippen molar-refractivity contribution < 1.29 is 9.90 Å². The normalized spacial score (nSPS) is 18.1. The van der Waals surface area contributed by atoms with Gasteiger partial charge in [0.1, 0.15) is 11.4 Å². The maximum Gasteiger partial charge on any atom is 0.329 e. The molecule has 2 N–H and O–H groups in total. The van der Waals surface area contributed by atoms with Crippen LogP contribution in [0.4, 0.5) is 0 Å². The summed E-state index contributed by atoms with van der Waals surface area (Å²) in [6, 6.07) is 0. The topological polar surface area (TPSA) is 92.2 Å². The molecule has 7 heteroatoms. The number of aliphatic carboxylic acids is 1. The lowest BCUT2D eigenvalue weighted by molar-refractivity contribution is -0.137. The van der Waals surface area contributed by atoms with E-state index in [0.717, 1.165) is 34.3 Å². The van der Waals surface area contributed by atoms with Crippen molar-refractivity contribution in [1.82, 2.24) is 9.55 Å². The van der Waals surface area contributed by atoms with Crippen molar-refractivity contribution in [3.8, 4) is 0 Å². The molecular weight excluding hydrogens is 280 g/mol. The Kier molecular flexibility index (Phi) is 3.01. The molecule has 0 spiro atoms. The molecule has 0 saturated heterocycles. The van der Waals surface area contributed by atoms with Gasteiger partial charge in [0.2, 0.25) is 0 Å². The summed E-state index contributed by atoms with van der Waals surface area (Å²) >= 11 is 1.44. The number of nitrogens with one attached hydrogen (secondary N) is 1. The van der Waals surface area contributed by atoms with Gasteiger partial charge in [-0.25, -0.2) is 9.36 Å². The van der Waals surface area contributed by atoms with Crippen LogP contribution in [0.5, 0.6) is 0 Å². The number of H-pyrrole nitrogens is 1. The highest BCUT2D eigenvalue weighted by molar-refractivity contribution is 7.18. The maximum absolute atomic E-state index is 12.4. The Balaban J connectivity index is 2.30. The van der Waals surface area contributed by atoms with Crippen LogP contribution < -0.4 is 11.2 Å². The highest BCUT2D eigenvalue weighted by atomic mass is 32.1. The van der Waals surface area contributed by atoms with E-state index in [1.807, 2.05) is 0 Å². The predicted octanol–water partition coefficient (Wildman–Crippen LogP) is 0.961. The summed E-state index contributed by atoms with van der Waals surface area (Å²) in [5.74, 6) is -0.700. The van der Waals surface area contributed by atoms with Crippen molar-refractivity contribution in [3.63, 3.8) is 0 Å². The standard InChI is InChI=1S/C13H14N2O4S/c1-6-2-3-8-7(4-6)10-11(20-8)14-13(19)15(12(10)18)5-9(16)17/h6H,2-5H2,1H3,(H,14,19)(H,16,17)/t6-/m1/s1. The molecule has 0 amide bonds. The van der Waals surface area contributed by atoms with Crippen LogP contribution in [-0.4, -0.2) is 20.6 Å². The summed E-state index contributed by atoms with van der Waals surface area (Å²) in [5, 5.41) is 9.31. The zero-order valence-corrected chi connectivity index (χ0v) is 11.7. The van der Waals surface area contributed by atoms with Gasteiger partial charge in [-0.3, -0.25) is 14.6 Å². The number of rotatable bonds is 2. The van der Waals surface area contributed by atoms with E-state index in [1.54, 1.807) is 0 Å². The summed E-state index contributed by atoms with van der Waals surface area (Å²) in [7, 11) is 0. The Morgan fingerprint density at radius 3 is 2.95 bits per heavy atom. The quantitative estimate of drug-likeness (QED) is 0.863. The first kappa shape index (κ1) is 13.1. The van der Waals surface area contributed by atoms with Gasteiger partial charge in [-0.15, -0.1) is 11.3 Å². The van der Waals surface area contributed by atoms with Crippen molar-refractivity contribution in [2.75, 3.05) is 0 Å². The molecule has 106 valence electrons. The fourth-order valence-electron chi connectivity index (χ4n) is 2.74. The molecule has 1 aliphatic carbocycles. The summed E-state index contributed by atoms with van der Waals surface area (Å²) in [5.41, 5.74) is -0.154. The first-order valence-corrected chi connectivity index (χ1v) is 7.28. The monoisotopic (exact) mass is 294 g/mol. The Morgan fingerprint density at radius 2 is 2.25 bits per heavy atom. The second-order valence-electron chi connectivity index (χ2n) is 5.27. The number of aromatic amines is 1. The number of hydrogen-bond donors (Lipinski definition) is 2. The lowest BCUT2D eigenvalue weighted by Gasteiger charge is -2.17. The van der Waals surface area contributed by atoms with E-state index in [9.17, 15) is 14.4 Å². The number of thiophene rings is 1. The molecule has 6 nitrogen and oxygen atoms in total. The van der Waals surface area contributed by atoms with Crippen LogP contribution in [0.3, 0.4) is 0 Å². The summed E-state index contributed by atoms with van der Waals surface area (Å²) in [4.78, 5) is 39.4. The molecule has 0 fully saturated rings. The number of aryl methyl sites for hydroxylation is 1. The summed E-state index contributed by atoms with van der Waals surface area (Å²) in [6.07, 6.45) is 2.80. The average Bonchev–Trinajstić information content (AvgIpc) is 2.71. The fraction of sp³-hybridized carbons (Fsp3) is 0.462. The van der Waals surface area contributed by atoms with E-state index in [2.05, 4.69) is 11.9 Å². The molecule has 0 saturated carbocycles. The molecule has 20 heavy (non-hydrogen) atoms. The first-order chi connectivity index (χ1) is 9.47. The number of carboxylic acid groups (broad SMARTS) is 1. The molecular formula is C13H14N2O4S. The predicted molar refractivity (Wildman–Crippen MR) is 75.5 cm³/mol. The average molecular weight is 294 g/mol. The van der Waals surface area contributed by atoms with Gasteiger partial charge in [-0.05, 0) is 30.7 Å². The molecule has 2 aromatic heterocycles. The van der Waals surface area contributed by atoms with Gasteiger partial charge in [0.25, 0.3) is 5.56 Å². The molecule has 0 bridgehead atoms. The number of carbonyl (C=O) groups is 1. The summed E-state index contributed by atoms with van der Waals surface area (Å²) < 4.78 is 0.761. The number of carboxylic acids is 1. The van der Waals surface area contributed by atoms with Crippen molar-refractivity contribution in [2.24, 2.45) is 5.92 Å². The number of fused-ring (bicyclic) bond motifs is 3. The van der Waals surface area contributed by atoms with Crippen LogP contribution in [0, 0.1) is 5.92 Å². The van der Waals surface area contributed by atoms with Crippen LogP contribution in [0.1, 0.15) is 23.8 Å². The van der Waals surface area contributed by atoms with Crippen molar-refractivity contribution in [3.05, 3.63) is 31.3 Å². The van der Waals surface area contributed by atoms with Gasteiger partial charge in [-0.1, -0.05) is 6.92 Å². The van der Waals surface area contributed by atoms with Crippen molar-refractivity contribution >= 4 is 27.5 Å². The molecule has 3 rings (SSSR count). The van der Waals surface area contributed by atoms with Gasteiger partial charge < -0.3 is 5.11 Å². The van der Waals surface area contributed by atoms with E-state index in [0.29, 0.717) is 16.1 Å². The lowest BCUT2D eigenvalue weighted by Crippen LogP contribution is -2.37. The zero-order valence-electron chi connectivity index (χ0n) is 10.9. The smallest absolute Gasteiger partial charge is 0.329 e. The molecule has 0 unspecified atom stereocenters. The molecule has 1 aliphatic rings. The van der Waals surface area contributed by atoms with Gasteiger partial charge >= 0.3 is 11.7 Å². The Labute approximate surface area is 117 Å². The SMILES string of the molecule is C[C@@H]1CCc2sc3[nH]c(=O)n(CC(=O)O)c(=O)c3c2C1. The van der Waals surface area contributed by atoms with E-state index in [1.165, 1.54) is 11.3 Å². The van der Waals surface area contributed by atoms with Crippen molar-refractivity contribution in [2.45, 2.75) is 32.7 Å². The van der Waals surface area contributed by atoms with Crippen LogP contribution >= 0.6 is 11.3 Å². The molecule has 1 atom stereocenters. The largest absolute Gasteiger partial charge is 0.480 e. The van der Waals surface area contributed by atoms with E-state index >= 15 is 0 Å². The maximum atomic E-state index is 12.4. The Hall–Kier alpha value is -1.89. The zero-order chi connectivity index (χ0) is 14.4. The highest BCUT2D eigenvalue weighted by Crippen LogP contribution is 2.35. The van der Waals surface area contributed by atoms with E-state index < -0.39 is 23.8 Å². The minimum atomic E-state index is -1.20. The molecule has 2 aromatic rings. The number of nitrogens with zero attached hydrogens (tertiary/aromatic N) is 1. The van der Waals surface area contributed by atoms with Crippen LogP contribution in [0.2, 0.25) is 0 Å². The second-order valence-corrected chi connectivity index (χ2v) is 6.38. The van der Waals surface area contributed by atoms with Gasteiger partial charge in [0.15, 0.2) is 0 Å². The van der Waals surface area contributed by atoms with E-state index in [-0.39, 0.29) is 0 Å². The van der Waals surface area contributed by atoms with Crippen LogP contribution in [0.25, 0.3) is 10.2 Å². The third-order valence-corrected chi connectivity index (χ3v) is 4.93. The van der Waals surface area contributed by atoms with Gasteiger partial charge in [-0.2, -0.15) is 0 Å². The Bertz CT molecular complexity index is 814. The fourth-order valence-corrected chi connectivity index (χ4v) is 3.97. The molecule has 0 aromatic carbocycles.